The van der Waals surface area contributed by atoms with Gasteiger partial charge in [0, 0.05) is 13.6 Å². The second kappa shape index (κ2) is 7.33. The molecular weight excluding hydrogens is 463 g/mol. The monoisotopic (exact) mass is 474 g/mol. The lowest BCUT2D eigenvalue weighted by molar-refractivity contribution is 0.0977. The van der Waals surface area contributed by atoms with Gasteiger partial charge in [-0.1, -0.05) is 33.6 Å². The number of halogens is 2. The van der Waals surface area contributed by atoms with Crippen molar-refractivity contribution in [2.24, 2.45) is 0 Å². The van der Waals surface area contributed by atoms with Gasteiger partial charge in [0.1, 0.15) is 0 Å². The van der Waals surface area contributed by atoms with Crippen molar-refractivity contribution in [2.45, 2.75) is 6.92 Å². The number of hydrogen-bond acceptors (Lipinski definition) is 2. The maximum atomic E-state index is 12.1. The summed E-state index contributed by atoms with van der Waals surface area (Å²) in [6.45, 7) is 1.94. The number of benzene rings is 2. The van der Waals surface area contributed by atoms with E-state index in [1.54, 1.807) is 6.07 Å². The standard InChI is InChI=1S/C15H12BrIN2OS/c1-9-3-2-4-10(7-9)14(20)19-15(21)18-13-6-5-11(16)8-12(13)17/h2-8H,1H3,(H2,18,19,20,21). The summed E-state index contributed by atoms with van der Waals surface area (Å²) >= 11 is 10.8. The first-order valence-electron chi connectivity index (χ1n) is 6.10. The number of nitrogens with one attached hydrogen (secondary N) is 2. The molecule has 0 spiro atoms. The van der Waals surface area contributed by atoms with E-state index in [2.05, 4.69) is 49.2 Å². The minimum Gasteiger partial charge on any atom is -0.332 e. The topological polar surface area (TPSA) is 41.1 Å². The Morgan fingerprint density at radius 2 is 2.00 bits per heavy atom. The van der Waals surface area contributed by atoms with E-state index in [1.807, 2.05) is 43.3 Å². The lowest BCUT2D eigenvalue weighted by Gasteiger charge is -2.11. The zero-order chi connectivity index (χ0) is 15.4. The molecule has 0 radical (unpaired) electrons. The Morgan fingerprint density at radius 1 is 1.24 bits per heavy atom. The van der Waals surface area contributed by atoms with Gasteiger partial charge in [0.15, 0.2) is 5.11 Å². The second-order valence-electron chi connectivity index (χ2n) is 4.40. The van der Waals surface area contributed by atoms with Crippen molar-refractivity contribution < 1.29 is 4.79 Å². The molecule has 0 aliphatic carbocycles. The molecule has 0 aliphatic rings. The van der Waals surface area contributed by atoms with Crippen LogP contribution in [0.5, 0.6) is 0 Å². The lowest BCUT2D eigenvalue weighted by Crippen LogP contribution is -2.34. The highest BCUT2D eigenvalue weighted by atomic mass is 127. The van der Waals surface area contributed by atoms with Crippen LogP contribution in [0.2, 0.25) is 0 Å². The Labute approximate surface area is 150 Å². The Hall–Kier alpha value is -0.990. The number of anilines is 1. The molecule has 108 valence electrons. The summed E-state index contributed by atoms with van der Waals surface area (Å²) in [5.41, 5.74) is 2.47. The Kier molecular flexibility index (Phi) is 5.72. The molecule has 3 nitrogen and oxygen atoms in total. The fourth-order valence-corrected chi connectivity index (χ4v) is 3.35. The van der Waals surface area contributed by atoms with Gasteiger partial charge in [0.25, 0.3) is 5.91 Å². The minimum absolute atomic E-state index is 0.219. The molecule has 0 heterocycles. The summed E-state index contributed by atoms with van der Waals surface area (Å²) in [7, 11) is 0. The molecule has 21 heavy (non-hydrogen) atoms. The van der Waals surface area contributed by atoms with E-state index >= 15 is 0 Å². The van der Waals surface area contributed by atoms with Crippen LogP contribution in [0.3, 0.4) is 0 Å². The molecule has 0 atom stereocenters. The highest BCUT2D eigenvalue weighted by molar-refractivity contribution is 14.1. The van der Waals surface area contributed by atoms with Crippen molar-refractivity contribution in [3.8, 4) is 0 Å². The fourth-order valence-electron chi connectivity index (χ4n) is 1.71. The summed E-state index contributed by atoms with van der Waals surface area (Å²) in [6.07, 6.45) is 0. The van der Waals surface area contributed by atoms with Gasteiger partial charge in [0.2, 0.25) is 0 Å². The van der Waals surface area contributed by atoms with Gasteiger partial charge >= 0.3 is 0 Å². The molecule has 1 amide bonds. The summed E-state index contributed by atoms with van der Waals surface area (Å²) < 4.78 is 2.00. The van der Waals surface area contributed by atoms with Crippen molar-refractivity contribution in [1.29, 1.82) is 0 Å². The first-order valence-corrected chi connectivity index (χ1v) is 8.38. The van der Waals surface area contributed by atoms with Crippen molar-refractivity contribution in [1.82, 2.24) is 5.32 Å². The van der Waals surface area contributed by atoms with E-state index in [0.29, 0.717) is 5.56 Å². The van der Waals surface area contributed by atoms with Crippen LogP contribution in [0, 0.1) is 10.5 Å². The number of thiocarbonyl (C=S) groups is 1. The molecule has 2 aromatic rings. The van der Waals surface area contributed by atoms with Crippen LogP contribution < -0.4 is 10.6 Å². The van der Waals surface area contributed by atoms with Crippen LogP contribution in [0.4, 0.5) is 5.69 Å². The number of rotatable bonds is 2. The molecule has 0 fully saturated rings. The quantitative estimate of drug-likeness (QED) is 0.497. The minimum atomic E-state index is -0.219. The van der Waals surface area contributed by atoms with Crippen molar-refractivity contribution in [3.05, 3.63) is 61.6 Å². The average molecular weight is 475 g/mol. The summed E-state index contributed by atoms with van der Waals surface area (Å²) in [5, 5.41) is 5.98. The molecule has 0 saturated carbocycles. The predicted molar refractivity (Wildman–Crippen MR) is 102 cm³/mol. The zero-order valence-corrected chi connectivity index (χ0v) is 15.7. The number of amides is 1. The maximum Gasteiger partial charge on any atom is 0.257 e. The number of aryl methyl sites for hydroxylation is 1. The van der Waals surface area contributed by atoms with Gasteiger partial charge in [-0.25, -0.2) is 0 Å². The van der Waals surface area contributed by atoms with E-state index in [0.717, 1.165) is 19.3 Å². The Balaban J connectivity index is 2.03. The largest absolute Gasteiger partial charge is 0.332 e. The van der Waals surface area contributed by atoms with Gasteiger partial charge in [-0.15, -0.1) is 0 Å². The Morgan fingerprint density at radius 3 is 2.67 bits per heavy atom. The number of carbonyl (C=O) groups excluding carboxylic acids is 1. The lowest BCUT2D eigenvalue weighted by atomic mass is 10.1. The fraction of sp³-hybridized carbons (Fsp3) is 0.0667. The molecular formula is C15H12BrIN2OS. The summed E-state index contributed by atoms with van der Waals surface area (Å²) in [5.74, 6) is -0.219. The molecule has 2 aromatic carbocycles. The third-order valence-corrected chi connectivity index (χ3v) is 4.28. The first-order chi connectivity index (χ1) is 9.95. The van der Waals surface area contributed by atoms with Crippen LogP contribution >= 0.6 is 50.7 Å². The first kappa shape index (κ1) is 16.4. The third kappa shape index (κ3) is 4.76. The summed E-state index contributed by atoms with van der Waals surface area (Å²) in [6, 6.07) is 13.1. The van der Waals surface area contributed by atoms with Crippen LogP contribution in [0.1, 0.15) is 15.9 Å². The van der Waals surface area contributed by atoms with Gasteiger partial charge in [0.05, 0.1) is 5.69 Å². The average Bonchev–Trinajstić information content (AvgIpc) is 2.42. The highest BCUT2D eigenvalue weighted by Crippen LogP contribution is 2.22. The number of hydrogen-bond donors (Lipinski definition) is 2. The highest BCUT2D eigenvalue weighted by Gasteiger charge is 2.09. The predicted octanol–water partition coefficient (Wildman–Crippen LogP) is 4.49. The van der Waals surface area contributed by atoms with Crippen molar-refractivity contribution in [3.63, 3.8) is 0 Å². The van der Waals surface area contributed by atoms with Crippen LogP contribution in [0.25, 0.3) is 0 Å². The van der Waals surface area contributed by atoms with Crippen LogP contribution in [0.15, 0.2) is 46.9 Å². The Bertz CT molecular complexity index is 706. The smallest absolute Gasteiger partial charge is 0.257 e. The third-order valence-electron chi connectivity index (χ3n) is 2.69. The maximum absolute atomic E-state index is 12.1. The molecule has 6 heteroatoms. The van der Waals surface area contributed by atoms with E-state index in [4.69, 9.17) is 12.2 Å². The zero-order valence-electron chi connectivity index (χ0n) is 11.1. The van der Waals surface area contributed by atoms with Crippen LogP contribution in [-0.2, 0) is 0 Å². The van der Waals surface area contributed by atoms with Crippen molar-refractivity contribution >= 4 is 67.4 Å². The van der Waals surface area contributed by atoms with E-state index in [-0.39, 0.29) is 11.0 Å². The molecule has 2 rings (SSSR count). The molecule has 2 N–H and O–H groups in total. The van der Waals surface area contributed by atoms with E-state index in [1.165, 1.54) is 0 Å². The normalized spacial score (nSPS) is 10.0. The van der Waals surface area contributed by atoms with Gasteiger partial charge in [-0.05, 0) is 72.1 Å². The summed E-state index contributed by atoms with van der Waals surface area (Å²) in [4.78, 5) is 12.1. The SMILES string of the molecule is Cc1cccc(C(=O)NC(=S)Nc2ccc(Br)cc2I)c1. The molecule has 0 aliphatic heterocycles. The number of carbonyl (C=O) groups is 1. The van der Waals surface area contributed by atoms with Gasteiger partial charge in [-0.3, -0.25) is 10.1 Å². The molecule has 0 bridgehead atoms. The molecule has 0 aromatic heterocycles. The molecule has 0 unspecified atom stereocenters. The van der Waals surface area contributed by atoms with E-state index in [9.17, 15) is 4.79 Å². The second-order valence-corrected chi connectivity index (χ2v) is 6.89. The van der Waals surface area contributed by atoms with Crippen molar-refractivity contribution in [2.75, 3.05) is 5.32 Å². The van der Waals surface area contributed by atoms with E-state index < -0.39 is 0 Å². The van der Waals surface area contributed by atoms with Crippen LogP contribution in [-0.4, -0.2) is 11.0 Å². The molecule has 0 saturated heterocycles. The van der Waals surface area contributed by atoms with Gasteiger partial charge in [-0.2, -0.15) is 0 Å². The van der Waals surface area contributed by atoms with Gasteiger partial charge < -0.3 is 5.32 Å².